The van der Waals surface area contributed by atoms with Gasteiger partial charge in [0, 0.05) is 36.0 Å². The quantitative estimate of drug-likeness (QED) is 0.745. The molecular formula is C25H33ClN2O2. The molecule has 1 aromatic rings. The fourth-order valence-corrected chi connectivity index (χ4v) is 7.19. The third-order valence-corrected chi connectivity index (χ3v) is 8.50. The molecule has 0 aromatic heterocycles. The Balaban J connectivity index is 1.09. The Labute approximate surface area is 184 Å². The third-order valence-electron chi connectivity index (χ3n) is 8.24. The number of amides is 2. The predicted molar refractivity (Wildman–Crippen MR) is 118 cm³/mol. The minimum atomic E-state index is -0.0692. The van der Waals surface area contributed by atoms with Gasteiger partial charge in [-0.05, 0) is 93.2 Å². The third kappa shape index (κ3) is 4.12. The molecule has 0 radical (unpaired) electrons. The van der Waals surface area contributed by atoms with E-state index in [9.17, 15) is 9.59 Å². The molecule has 1 N–H and O–H groups in total. The van der Waals surface area contributed by atoms with E-state index in [0.717, 1.165) is 80.0 Å². The standard InChI is InChI=1S/C25H33ClN2O2/c26-21-4-1-17(2-5-21)3-6-23(29)28-9-7-22(8-10-28)27-24(30)25-14-18-11-19(15-25)13-20(12-18)16-25/h1-2,4-5,18-20,22H,3,6-16H2,(H,27,30). The number of nitrogens with one attached hydrogen (secondary N) is 1. The van der Waals surface area contributed by atoms with Crippen LogP contribution in [0.5, 0.6) is 0 Å². The molecule has 30 heavy (non-hydrogen) atoms. The number of benzene rings is 1. The Morgan fingerprint density at radius 3 is 2.10 bits per heavy atom. The number of aryl methyl sites for hydroxylation is 1. The van der Waals surface area contributed by atoms with Gasteiger partial charge in [0.2, 0.25) is 11.8 Å². The minimum Gasteiger partial charge on any atom is -0.353 e. The largest absolute Gasteiger partial charge is 0.353 e. The molecule has 1 aromatic carbocycles. The van der Waals surface area contributed by atoms with Crippen molar-refractivity contribution in [2.45, 2.75) is 70.3 Å². The van der Waals surface area contributed by atoms with Crippen molar-refractivity contribution < 1.29 is 9.59 Å². The Morgan fingerprint density at radius 1 is 0.967 bits per heavy atom. The van der Waals surface area contributed by atoms with Crippen molar-refractivity contribution in [3.63, 3.8) is 0 Å². The molecule has 4 bridgehead atoms. The number of piperidine rings is 1. The number of nitrogens with zero attached hydrogens (tertiary/aromatic N) is 1. The summed E-state index contributed by atoms with van der Waals surface area (Å²) >= 11 is 5.93. The lowest BCUT2D eigenvalue weighted by molar-refractivity contribution is -0.147. The van der Waals surface area contributed by atoms with E-state index >= 15 is 0 Å². The topological polar surface area (TPSA) is 49.4 Å². The average Bonchev–Trinajstić information content (AvgIpc) is 2.73. The van der Waals surface area contributed by atoms with Crippen molar-refractivity contribution in [3.8, 4) is 0 Å². The Kier molecular flexibility index (Phi) is 5.55. The molecular weight excluding hydrogens is 396 g/mol. The monoisotopic (exact) mass is 428 g/mol. The second-order valence-corrected chi connectivity index (χ2v) is 10.9. The molecule has 1 heterocycles. The lowest BCUT2D eigenvalue weighted by Crippen LogP contribution is -2.56. The highest BCUT2D eigenvalue weighted by atomic mass is 35.5. The summed E-state index contributed by atoms with van der Waals surface area (Å²) in [7, 11) is 0. The van der Waals surface area contributed by atoms with Crippen molar-refractivity contribution >= 4 is 23.4 Å². The lowest BCUT2D eigenvalue weighted by Gasteiger charge is -2.56. The number of carbonyl (C=O) groups excluding carboxylic acids is 2. The molecule has 0 spiro atoms. The van der Waals surface area contributed by atoms with Gasteiger partial charge in [-0.3, -0.25) is 9.59 Å². The normalized spacial score (nSPS) is 33.0. The molecule has 5 aliphatic rings. The van der Waals surface area contributed by atoms with E-state index in [1.54, 1.807) is 0 Å². The first-order valence-corrected chi connectivity index (χ1v) is 12.2. The first-order valence-electron chi connectivity index (χ1n) is 11.8. The van der Waals surface area contributed by atoms with E-state index in [1.807, 2.05) is 29.2 Å². The Hall–Kier alpha value is -1.55. The van der Waals surface area contributed by atoms with Gasteiger partial charge in [0.15, 0.2) is 0 Å². The fraction of sp³-hybridized carbons (Fsp3) is 0.680. The number of halogens is 1. The second-order valence-electron chi connectivity index (χ2n) is 10.5. The molecule has 4 saturated carbocycles. The summed E-state index contributed by atoms with van der Waals surface area (Å²) in [5.41, 5.74) is 1.07. The SMILES string of the molecule is O=C(CCc1ccc(Cl)cc1)N1CCC(NC(=O)C23CC4CC(CC(C4)C2)C3)CC1. The summed E-state index contributed by atoms with van der Waals surface area (Å²) in [6.45, 7) is 1.51. The molecule has 5 heteroatoms. The highest BCUT2D eigenvalue weighted by Crippen LogP contribution is 2.60. The van der Waals surface area contributed by atoms with E-state index in [4.69, 9.17) is 11.6 Å². The van der Waals surface area contributed by atoms with Gasteiger partial charge in [-0.1, -0.05) is 23.7 Å². The van der Waals surface area contributed by atoms with Crippen LogP contribution in [-0.2, 0) is 16.0 Å². The van der Waals surface area contributed by atoms with Crippen LogP contribution in [0.4, 0.5) is 0 Å². The van der Waals surface area contributed by atoms with Crippen LogP contribution in [0.2, 0.25) is 5.02 Å². The maximum atomic E-state index is 13.3. The summed E-state index contributed by atoms with van der Waals surface area (Å²) in [6, 6.07) is 7.95. The lowest BCUT2D eigenvalue weighted by atomic mass is 9.49. The first-order chi connectivity index (χ1) is 14.5. The van der Waals surface area contributed by atoms with Crippen LogP contribution in [0.3, 0.4) is 0 Å². The zero-order chi connectivity index (χ0) is 20.7. The maximum absolute atomic E-state index is 13.3. The van der Waals surface area contributed by atoms with Crippen LogP contribution in [0.15, 0.2) is 24.3 Å². The van der Waals surface area contributed by atoms with Gasteiger partial charge in [0.1, 0.15) is 0 Å². The van der Waals surface area contributed by atoms with Gasteiger partial charge in [-0.15, -0.1) is 0 Å². The molecule has 162 valence electrons. The van der Waals surface area contributed by atoms with Crippen LogP contribution < -0.4 is 5.32 Å². The van der Waals surface area contributed by atoms with Crippen molar-refractivity contribution in [2.24, 2.45) is 23.2 Å². The summed E-state index contributed by atoms with van der Waals surface area (Å²) in [5, 5.41) is 4.13. The zero-order valence-electron chi connectivity index (χ0n) is 17.7. The fourth-order valence-electron chi connectivity index (χ4n) is 7.06. The highest BCUT2D eigenvalue weighted by Gasteiger charge is 2.54. The molecule has 4 aliphatic carbocycles. The second kappa shape index (κ2) is 8.18. The van der Waals surface area contributed by atoms with Crippen LogP contribution in [0, 0.1) is 23.2 Å². The molecule has 4 nitrogen and oxygen atoms in total. The van der Waals surface area contributed by atoms with Crippen LogP contribution in [0.25, 0.3) is 0 Å². The molecule has 0 atom stereocenters. The molecule has 2 amide bonds. The molecule has 6 rings (SSSR count). The van der Waals surface area contributed by atoms with Crippen molar-refractivity contribution in [1.82, 2.24) is 10.2 Å². The highest BCUT2D eigenvalue weighted by molar-refractivity contribution is 6.30. The van der Waals surface area contributed by atoms with Gasteiger partial charge < -0.3 is 10.2 Å². The number of carbonyl (C=O) groups is 2. The summed E-state index contributed by atoms with van der Waals surface area (Å²) in [6.07, 6.45) is 10.5. The molecule has 5 fully saturated rings. The van der Waals surface area contributed by atoms with Gasteiger partial charge in [-0.2, -0.15) is 0 Å². The summed E-state index contributed by atoms with van der Waals surface area (Å²) < 4.78 is 0. The van der Waals surface area contributed by atoms with Gasteiger partial charge in [0.25, 0.3) is 0 Å². The van der Waals surface area contributed by atoms with E-state index in [0.29, 0.717) is 12.3 Å². The summed E-state index contributed by atoms with van der Waals surface area (Å²) in [4.78, 5) is 27.8. The van der Waals surface area contributed by atoms with Gasteiger partial charge >= 0.3 is 0 Å². The van der Waals surface area contributed by atoms with Gasteiger partial charge in [-0.25, -0.2) is 0 Å². The van der Waals surface area contributed by atoms with Crippen molar-refractivity contribution in [2.75, 3.05) is 13.1 Å². The molecule has 0 unspecified atom stereocenters. The van der Waals surface area contributed by atoms with Crippen LogP contribution >= 0.6 is 11.6 Å². The number of hydrogen-bond acceptors (Lipinski definition) is 2. The summed E-state index contributed by atoms with van der Waals surface area (Å²) in [5.74, 6) is 2.93. The smallest absolute Gasteiger partial charge is 0.226 e. The number of likely N-dealkylation sites (tertiary alicyclic amines) is 1. The van der Waals surface area contributed by atoms with E-state index in [1.165, 1.54) is 19.3 Å². The van der Waals surface area contributed by atoms with Crippen molar-refractivity contribution in [1.29, 1.82) is 0 Å². The van der Waals surface area contributed by atoms with Gasteiger partial charge in [0.05, 0.1) is 0 Å². The number of rotatable bonds is 5. The van der Waals surface area contributed by atoms with E-state index in [-0.39, 0.29) is 17.4 Å². The van der Waals surface area contributed by atoms with Crippen LogP contribution in [-0.4, -0.2) is 35.8 Å². The molecule has 1 saturated heterocycles. The van der Waals surface area contributed by atoms with Crippen molar-refractivity contribution in [3.05, 3.63) is 34.9 Å². The molecule has 1 aliphatic heterocycles. The zero-order valence-corrected chi connectivity index (χ0v) is 18.5. The Bertz CT molecular complexity index is 763. The Morgan fingerprint density at radius 2 is 1.53 bits per heavy atom. The maximum Gasteiger partial charge on any atom is 0.226 e. The predicted octanol–water partition coefficient (Wildman–Crippen LogP) is 4.60. The first kappa shape index (κ1) is 20.4. The van der Waals surface area contributed by atoms with E-state index < -0.39 is 0 Å². The average molecular weight is 429 g/mol. The van der Waals surface area contributed by atoms with Crippen LogP contribution in [0.1, 0.15) is 63.4 Å². The number of hydrogen-bond donors (Lipinski definition) is 1. The minimum absolute atomic E-state index is 0.0692. The van der Waals surface area contributed by atoms with E-state index in [2.05, 4.69) is 5.32 Å².